The zero-order valence-electron chi connectivity index (χ0n) is 13.2. The Balaban J connectivity index is 1.74. The molecule has 0 radical (unpaired) electrons. The molecule has 7 heteroatoms. The maximum absolute atomic E-state index is 12.0. The first-order valence-electron chi connectivity index (χ1n) is 7.27. The number of thiazole rings is 1. The van der Waals surface area contributed by atoms with Crippen LogP contribution in [-0.4, -0.2) is 26.8 Å². The molecule has 0 aliphatic heterocycles. The van der Waals surface area contributed by atoms with Crippen LogP contribution in [0.5, 0.6) is 5.75 Å². The van der Waals surface area contributed by atoms with E-state index in [1.165, 1.54) is 24.3 Å². The second-order valence-electron chi connectivity index (χ2n) is 5.22. The quantitative estimate of drug-likeness (QED) is 0.566. The number of aromatic hydroxyl groups is 1. The lowest BCUT2D eigenvalue weighted by Crippen LogP contribution is -2.17. The molecule has 0 unspecified atom stereocenters. The van der Waals surface area contributed by atoms with E-state index in [-0.39, 0.29) is 11.7 Å². The SMILES string of the molecule is Cc1cc(/C=N\NC(=O)c2ccc(O)cc2)c(C)n1-c1nccs1. The van der Waals surface area contributed by atoms with Crippen molar-refractivity contribution in [2.24, 2.45) is 5.10 Å². The van der Waals surface area contributed by atoms with Crippen LogP contribution in [0.4, 0.5) is 0 Å². The lowest BCUT2D eigenvalue weighted by atomic mass is 10.2. The highest BCUT2D eigenvalue weighted by Gasteiger charge is 2.11. The molecule has 3 rings (SSSR count). The van der Waals surface area contributed by atoms with Crippen molar-refractivity contribution in [2.45, 2.75) is 13.8 Å². The summed E-state index contributed by atoms with van der Waals surface area (Å²) in [7, 11) is 0. The van der Waals surface area contributed by atoms with Gasteiger partial charge in [0.25, 0.3) is 5.91 Å². The molecule has 2 aromatic heterocycles. The topological polar surface area (TPSA) is 79.5 Å². The molecule has 0 bridgehead atoms. The number of aromatic nitrogens is 2. The number of hydrazone groups is 1. The van der Waals surface area contributed by atoms with E-state index >= 15 is 0 Å². The predicted molar refractivity (Wildman–Crippen MR) is 94.1 cm³/mol. The Morgan fingerprint density at radius 3 is 2.75 bits per heavy atom. The van der Waals surface area contributed by atoms with Crippen LogP contribution in [0.25, 0.3) is 5.13 Å². The van der Waals surface area contributed by atoms with Gasteiger partial charge >= 0.3 is 0 Å². The van der Waals surface area contributed by atoms with Crippen molar-refractivity contribution in [3.63, 3.8) is 0 Å². The molecule has 1 aromatic carbocycles. The number of carbonyl (C=O) groups excluding carboxylic acids is 1. The number of phenolic OH excluding ortho intramolecular Hbond substituents is 1. The molecule has 0 saturated heterocycles. The number of rotatable bonds is 4. The van der Waals surface area contributed by atoms with Crippen molar-refractivity contribution < 1.29 is 9.90 Å². The summed E-state index contributed by atoms with van der Waals surface area (Å²) in [6.45, 7) is 3.98. The van der Waals surface area contributed by atoms with Crippen molar-refractivity contribution in [2.75, 3.05) is 0 Å². The van der Waals surface area contributed by atoms with Gasteiger partial charge in [-0.1, -0.05) is 0 Å². The largest absolute Gasteiger partial charge is 0.508 e. The predicted octanol–water partition coefficient (Wildman–Crippen LogP) is 3.02. The first-order chi connectivity index (χ1) is 11.6. The zero-order chi connectivity index (χ0) is 17.1. The summed E-state index contributed by atoms with van der Waals surface area (Å²) in [6.07, 6.45) is 3.38. The summed E-state index contributed by atoms with van der Waals surface area (Å²) in [4.78, 5) is 16.3. The molecular formula is C17H16N4O2S. The average molecular weight is 340 g/mol. The minimum atomic E-state index is -0.333. The molecule has 1 amide bonds. The fourth-order valence-corrected chi connectivity index (χ4v) is 3.13. The van der Waals surface area contributed by atoms with Gasteiger partial charge in [0.15, 0.2) is 5.13 Å². The number of benzene rings is 1. The molecule has 0 fully saturated rings. The number of nitrogens with one attached hydrogen (secondary N) is 1. The molecule has 0 saturated carbocycles. The van der Waals surface area contributed by atoms with E-state index in [1.807, 2.05) is 29.9 Å². The van der Waals surface area contributed by atoms with Gasteiger partial charge in [0.1, 0.15) is 5.75 Å². The first kappa shape index (κ1) is 15.9. The smallest absolute Gasteiger partial charge is 0.271 e. The Kier molecular flexibility index (Phi) is 4.43. The van der Waals surface area contributed by atoms with E-state index in [9.17, 15) is 9.90 Å². The van der Waals surface area contributed by atoms with Gasteiger partial charge in [0.05, 0.1) is 6.21 Å². The lowest BCUT2D eigenvalue weighted by molar-refractivity contribution is 0.0955. The Morgan fingerprint density at radius 2 is 2.08 bits per heavy atom. The molecule has 0 atom stereocenters. The molecule has 24 heavy (non-hydrogen) atoms. The number of carbonyl (C=O) groups is 1. The van der Waals surface area contributed by atoms with Gasteiger partial charge in [-0.25, -0.2) is 10.4 Å². The number of hydrogen-bond acceptors (Lipinski definition) is 5. The van der Waals surface area contributed by atoms with Crippen LogP contribution in [-0.2, 0) is 0 Å². The molecule has 0 spiro atoms. The number of hydrogen-bond donors (Lipinski definition) is 2. The first-order valence-corrected chi connectivity index (χ1v) is 8.15. The van der Waals surface area contributed by atoms with Gasteiger partial charge in [-0.15, -0.1) is 11.3 Å². The summed E-state index contributed by atoms with van der Waals surface area (Å²) < 4.78 is 2.05. The lowest BCUT2D eigenvalue weighted by Gasteiger charge is -2.04. The van der Waals surface area contributed by atoms with Gasteiger partial charge in [0, 0.05) is 34.1 Å². The van der Waals surface area contributed by atoms with E-state index in [2.05, 4.69) is 15.5 Å². The van der Waals surface area contributed by atoms with Crippen molar-refractivity contribution in [3.8, 4) is 10.9 Å². The molecule has 122 valence electrons. The fourth-order valence-electron chi connectivity index (χ4n) is 2.38. The van der Waals surface area contributed by atoms with Gasteiger partial charge in [-0.3, -0.25) is 9.36 Å². The Hall–Kier alpha value is -2.93. The third kappa shape index (κ3) is 3.21. The maximum atomic E-state index is 12.0. The van der Waals surface area contributed by atoms with E-state index in [0.29, 0.717) is 5.56 Å². The van der Waals surface area contributed by atoms with Crippen molar-refractivity contribution in [3.05, 3.63) is 64.4 Å². The van der Waals surface area contributed by atoms with E-state index in [0.717, 1.165) is 22.1 Å². The minimum absolute atomic E-state index is 0.115. The number of aryl methyl sites for hydroxylation is 1. The molecule has 0 aliphatic rings. The second-order valence-corrected chi connectivity index (χ2v) is 6.10. The zero-order valence-corrected chi connectivity index (χ0v) is 14.0. The number of amides is 1. The molecule has 3 aromatic rings. The monoisotopic (exact) mass is 340 g/mol. The highest BCUT2D eigenvalue weighted by atomic mass is 32.1. The highest BCUT2D eigenvalue weighted by molar-refractivity contribution is 7.12. The third-order valence-corrected chi connectivity index (χ3v) is 4.34. The molecule has 6 nitrogen and oxygen atoms in total. The van der Waals surface area contributed by atoms with Gasteiger partial charge in [-0.2, -0.15) is 5.10 Å². The van der Waals surface area contributed by atoms with Crippen LogP contribution in [0.15, 0.2) is 47.0 Å². The van der Waals surface area contributed by atoms with Crippen LogP contribution in [0.3, 0.4) is 0 Å². The molecule has 2 heterocycles. The van der Waals surface area contributed by atoms with Gasteiger partial charge in [0.2, 0.25) is 0 Å². The maximum Gasteiger partial charge on any atom is 0.271 e. The minimum Gasteiger partial charge on any atom is -0.508 e. The normalized spacial score (nSPS) is 11.1. The Morgan fingerprint density at radius 1 is 1.33 bits per heavy atom. The summed E-state index contributed by atoms with van der Waals surface area (Å²) in [5, 5.41) is 16.1. The van der Waals surface area contributed by atoms with Crippen molar-refractivity contribution in [1.29, 1.82) is 0 Å². The average Bonchev–Trinajstić information content (AvgIpc) is 3.16. The van der Waals surface area contributed by atoms with Crippen molar-refractivity contribution in [1.82, 2.24) is 15.0 Å². The van der Waals surface area contributed by atoms with Gasteiger partial charge < -0.3 is 5.11 Å². The van der Waals surface area contributed by atoms with Crippen LogP contribution in [0.2, 0.25) is 0 Å². The van der Waals surface area contributed by atoms with E-state index in [1.54, 1.807) is 23.7 Å². The summed E-state index contributed by atoms with van der Waals surface area (Å²) in [5.41, 5.74) is 5.88. The molecule has 0 aliphatic carbocycles. The van der Waals surface area contributed by atoms with Crippen molar-refractivity contribution >= 4 is 23.5 Å². The number of phenols is 1. The number of nitrogens with zero attached hydrogens (tertiary/aromatic N) is 3. The third-order valence-electron chi connectivity index (χ3n) is 3.58. The second kappa shape index (κ2) is 6.67. The van der Waals surface area contributed by atoms with Crippen LogP contribution in [0, 0.1) is 13.8 Å². The summed E-state index contributed by atoms with van der Waals surface area (Å²) >= 11 is 1.56. The van der Waals surface area contributed by atoms with Crippen LogP contribution in [0.1, 0.15) is 27.3 Å². The van der Waals surface area contributed by atoms with Crippen LogP contribution < -0.4 is 5.43 Å². The standard InChI is InChI=1S/C17H16N4O2S/c1-11-9-14(12(2)21(11)17-18-7-8-24-17)10-19-20-16(23)13-3-5-15(22)6-4-13/h3-10,22H,1-2H3,(H,20,23)/b19-10-. The van der Waals surface area contributed by atoms with Crippen LogP contribution >= 0.6 is 11.3 Å². The van der Waals surface area contributed by atoms with E-state index < -0.39 is 0 Å². The summed E-state index contributed by atoms with van der Waals surface area (Å²) in [5.74, 6) is -0.218. The highest BCUT2D eigenvalue weighted by Crippen LogP contribution is 2.21. The summed E-state index contributed by atoms with van der Waals surface area (Å²) in [6, 6.07) is 7.98. The van der Waals surface area contributed by atoms with E-state index in [4.69, 9.17) is 0 Å². The molecule has 2 N–H and O–H groups in total. The Bertz CT molecular complexity index is 880. The molecular weight excluding hydrogens is 324 g/mol. The fraction of sp³-hybridized carbons (Fsp3) is 0.118. The Labute approximate surface area is 143 Å². The van der Waals surface area contributed by atoms with Gasteiger partial charge in [-0.05, 0) is 44.2 Å².